The number of thiazole rings is 1. The molecule has 0 unspecified atom stereocenters. The fourth-order valence-electron chi connectivity index (χ4n) is 3.36. The van der Waals surface area contributed by atoms with E-state index >= 15 is 0 Å². The van der Waals surface area contributed by atoms with Crippen LogP contribution in [0.25, 0.3) is 4.96 Å². The summed E-state index contributed by atoms with van der Waals surface area (Å²) in [6.07, 6.45) is 4.46. The number of amides is 3. The van der Waals surface area contributed by atoms with Gasteiger partial charge in [-0.25, -0.2) is 9.78 Å². The lowest BCUT2D eigenvalue weighted by Crippen LogP contribution is -2.48. The number of piperidine rings is 1. The van der Waals surface area contributed by atoms with Gasteiger partial charge in [-0.2, -0.15) is 0 Å². The number of rotatable bonds is 2. The third-order valence-electron chi connectivity index (χ3n) is 4.66. The highest BCUT2D eigenvalue weighted by atomic mass is 32.1. The number of hydrogen-bond donors (Lipinski definition) is 1. The molecule has 3 amide bonds. The topological polar surface area (TPSA) is 87.0 Å². The van der Waals surface area contributed by atoms with Crippen molar-refractivity contribution < 1.29 is 9.59 Å². The number of carbonyl (C=O) groups excluding carboxylic acids is 2. The van der Waals surface area contributed by atoms with Crippen LogP contribution in [0.3, 0.4) is 0 Å². The molecule has 0 radical (unpaired) electrons. The van der Waals surface area contributed by atoms with Gasteiger partial charge < -0.3 is 15.1 Å². The van der Waals surface area contributed by atoms with Gasteiger partial charge in [-0.15, -0.1) is 11.3 Å². The van der Waals surface area contributed by atoms with Gasteiger partial charge in [-0.1, -0.05) is 0 Å². The molecule has 2 saturated heterocycles. The van der Waals surface area contributed by atoms with E-state index in [1.807, 2.05) is 4.90 Å². The highest BCUT2D eigenvalue weighted by Gasteiger charge is 2.32. The van der Waals surface area contributed by atoms with Gasteiger partial charge in [-0.3, -0.25) is 14.0 Å². The number of urea groups is 1. The van der Waals surface area contributed by atoms with Gasteiger partial charge in [0.25, 0.3) is 11.5 Å². The van der Waals surface area contributed by atoms with E-state index in [9.17, 15) is 14.4 Å². The molecule has 0 atom stereocenters. The van der Waals surface area contributed by atoms with E-state index in [4.69, 9.17) is 0 Å². The molecule has 8 nitrogen and oxygen atoms in total. The molecule has 1 N–H and O–H groups in total. The van der Waals surface area contributed by atoms with E-state index in [0.29, 0.717) is 24.6 Å². The molecule has 0 bridgehead atoms. The number of carbonyl (C=O) groups is 2. The van der Waals surface area contributed by atoms with Gasteiger partial charge in [0.1, 0.15) is 5.56 Å². The maximum atomic E-state index is 12.7. The Balaban J connectivity index is 1.48. The zero-order valence-corrected chi connectivity index (χ0v) is 13.8. The molecule has 0 spiro atoms. The predicted molar refractivity (Wildman–Crippen MR) is 88.4 cm³/mol. The van der Waals surface area contributed by atoms with Crippen molar-refractivity contribution in [2.24, 2.45) is 0 Å². The van der Waals surface area contributed by atoms with Crippen LogP contribution in [0, 0.1) is 0 Å². The molecule has 2 fully saturated rings. The first-order valence-corrected chi connectivity index (χ1v) is 8.82. The van der Waals surface area contributed by atoms with Gasteiger partial charge in [-0.05, 0) is 12.8 Å². The van der Waals surface area contributed by atoms with Crippen LogP contribution >= 0.6 is 11.3 Å². The van der Waals surface area contributed by atoms with Crippen LogP contribution in [-0.4, -0.2) is 63.3 Å². The minimum atomic E-state index is -0.327. The average Bonchev–Trinajstić information content (AvgIpc) is 3.24. The molecule has 0 aliphatic carbocycles. The largest absolute Gasteiger partial charge is 0.338 e. The Kier molecular flexibility index (Phi) is 3.72. The van der Waals surface area contributed by atoms with Crippen molar-refractivity contribution in [3.05, 3.63) is 33.7 Å². The molecule has 0 aromatic carbocycles. The van der Waals surface area contributed by atoms with E-state index in [0.717, 1.165) is 19.4 Å². The van der Waals surface area contributed by atoms with Crippen molar-refractivity contribution >= 4 is 28.2 Å². The predicted octanol–water partition coefficient (Wildman–Crippen LogP) is 0.386. The van der Waals surface area contributed by atoms with E-state index in [-0.39, 0.29) is 29.1 Å². The van der Waals surface area contributed by atoms with E-state index in [1.54, 1.807) is 16.5 Å². The first-order valence-electron chi connectivity index (χ1n) is 7.94. The Bertz CT molecular complexity index is 852. The Morgan fingerprint density at radius 1 is 1.25 bits per heavy atom. The molecule has 2 aromatic rings. The molecule has 9 heteroatoms. The van der Waals surface area contributed by atoms with Gasteiger partial charge in [0.05, 0.1) is 0 Å². The Morgan fingerprint density at radius 2 is 2.04 bits per heavy atom. The number of hydrogen-bond acceptors (Lipinski definition) is 5. The molecule has 126 valence electrons. The van der Waals surface area contributed by atoms with Crippen LogP contribution in [0.5, 0.6) is 0 Å². The number of nitrogens with one attached hydrogen (secondary N) is 1. The van der Waals surface area contributed by atoms with E-state index < -0.39 is 0 Å². The van der Waals surface area contributed by atoms with Crippen LogP contribution in [0.2, 0.25) is 0 Å². The van der Waals surface area contributed by atoms with Crippen LogP contribution < -0.4 is 10.9 Å². The van der Waals surface area contributed by atoms with Gasteiger partial charge in [0.15, 0.2) is 4.96 Å². The molecular weight excluding hydrogens is 330 g/mol. The fraction of sp³-hybridized carbons (Fsp3) is 0.467. The Morgan fingerprint density at radius 3 is 2.75 bits per heavy atom. The number of likely N-dealkylation sites (tertiary alicyclic amines) is 1. The van der Waals surface area contributed by atoms with Crippen LogP contribution in [0.15, 0.2) is 22.6 Å². The molecule has 4 rings (SSSR count). The summed E-state index contributed by atoms with van der Waals surface area (Å²) in [5.74, 6) is -0.280. The van der Waals surface area contributed by atoms with Crippen molar-refractivity contribution in [3.63, 3.8) is 0 Å². The third-order valence-corrected chi connectivity index (χ3v) is 5.43. The molecular formula is C15H17N5O3S. The first-order chi connectivity index (χ1) is 11.6. The number of nitrogens with zero attached hydrogens (tertiary/aromatic N) is 4. The summed E-state index contributed by atoms with van der Waals surface area (Å²) in [5.41, 5.74) is -0.226. The SMILES string of the molecule is O=C(c1cnc2sccn2c1=O)N1CCC(N2CCNC2=O)CC1. The number of fused-ring (bicyclic) bond motifs is 1. The fourth-order valence-corrected chi connectivity index (χ4v) is 4.03. The van der Waals surface area contributed by atoms with Crippen molar-refractivity contribution in [2.45, 2.75) is 18.9 Å². The molecule has 4 heterocycles. The normalized spacial score (nSPS) is 19.1. The van der Waals surface area contributed by atoms with Gasteiger partial charge in [0.2, 0.25) is 0 Å². The van der Waals surface area contributed by atoms with Crippen LogP contribution in [0.1, 0.15) is 23.2 Å². The quantitative estimate of drug-likeness (QED) is 0.851. The Labute approximate surface area is 141 Å². The molecule has 2 aliphatic heterocycles. The maximum absolute atomic E-state index is 12.7. The van der Waals surface area contributed by atoms with E-state index in [2.05, 4.69) is 10.3 Å². The summed E-state index contributed by atoms with van der Waals surface area (Å²) in [6.45, 7) is 2.48. The molecule has 2 aliphatic rings. The minimum Gasteiger partial charge on any atom is -0.338 e. The first kappa shape index (κ1) is 15.1. The van der Waals surface area contributed by atoms with Crippen LogP contribution in [0.4, 0.5) is 4.79 Å². The smallest absolute Gasteiger partial charge is 0.317 e. The third kappa shape index (κ3) is 2.44. The van der Waals surface area contributed by atoms with Crippen molar-refractivity contribution in [1.29, 1.82) is 0 Å². The highest BCUT2D eigenvalue weighted by molar-refractivity contribution is 7.15. The van der Waals surface area contributed by atoms with Gasteiger partial charge in [0, 0.05) is 50.0 Å². The van der Waals surface area contributed by atoms with Crippen molar-refractivity contribution in [3.8, 4) is 0 Å². The summed E-state index contributed by atoms with van der Waals surface area (Å²) in [4.78, 5) is 45.1. The summed E-state index contributed by atoms with van der Waals surface area (Å²) < 4.78 is 1.40. The zero-order chi connectivity index (χ0) is 16.7. The zero-order valence-electron chi connectivity index (χ0n) is 13.0. The standard InChI is InChI=1S/C15H17N5O3S/c21-12(11-9-17-15-20(13(11)22)7-8-24-15)18-4-1-10(2-5-18)19-6-3-16-14(19)23/h7-10H,1-6H2,(H,16,23). The summed E-state index contributed by atoms with van der Waals surface area (Å²) >= 11 is 1.36. The lowest BCUT2D eigenvalue weighted by atomic mass is 10.0. The number of aromatic nitrogens is 2. The summed E-state index contributed by atoms with van der Waals surface area (Å²) in [5, 5.41) is 4.57. The second-order valence-electron chi connectivity index (χ2n) is 5.98. The molecule has 24 heavy (non-hydrogen) atoms. The highest BCUT2D eigenvalue weighted by Crippen LogP contribution is 2.19. The van der Waals surface area contributed by atoms with Gasteiger partial charge >= 0.3 is 6.03 Å². The molecule has 2 aromatic heterocycles. The average molecular weight is 347 g/mol. The summed E-state index contributed by atoms with van der Waals surface area (Å²) in [7, 11) is 0. The maximum Gasteiger partial charge on any atom is 0.317 e. The summed E-state index contributed by atoms with van der Waals surface area (Å²) in [6, 6.07) is 0.139. The molecule has 0 saturated carbocycles. The van der Waals surface area contributed by atoms with E-state index in [1.165, 1.54) is 21.9 Å². The minimum absolute atomic E-state index is 0.0230. The van der Waals surface area contributed by atoms with Crippen molar-refractivity contribution in [1.82, 2.24) is 24.5 Å². The Hall–Kier alpha value is -2.42. The second-order valence-corrected chi connectivity index (χ2v) is 6.85. The second kappa shape index (κ2) is 5.90. The monoisotopic (exact) mass is 347 g/mol. The van der Waals surface area contributed by atoms with Crippen LogP contribution in [-0.2, 0) is 0 Å². The lowest BCUT2D eigenvalue weighted by Gasteiger charge is -2.36. The lowest BCUT2D eigenvalue weighted by molar-refractivity contribution is 0.0664. The van der Waals surface area contributed by atoms with Crippen molar-refractivity contribution in [2.75, 3.05) is 26.2 Å².